The molecule has 1 saturated heterocycles. The Labute approximate surface area is 178 Å². The van der Waals surface area contributed by atoms with Gasteiger partial charge < -0.3 is 14.6 Å². The summed E-state index contributed by atoms with van der Waals surface area (Å²) in [6.07, 6.45) is 7.17. The van der Waals surface area contributed by atoms with Gasteiger partial charge >= 0.3 is 0 Å². The smallest absolute Gasteiger partial charge is 0.289 e. The first kappa shape index (κ1) is 20.7. The van der Waals surface area contributed by atoms with Crippen LogP contribution >= 0.6 is 0 Å². The maximum atomic E-state index is 13.2. The molecule has 0 bridgehead atoms. The first-order chi connectivity index (χ1) is 14.3. The molecule has 2 heterocycles. The van der Waals surface area contributed by atoms with Crippen LogP contribution in [0.25, 0.3) is 11.3 Å². The van der Waals surface area contributed by atoms with Crippen LogP contribution in [0.15, 0.2) is 40.8 Å². The summed E-state index contributed by atoms with van der Waals surface area (Å²) in [4.78, 5) is 27.5. The van der Waals surface area contributed by atoms with Crippen LogP contribution in [0, 0.1) is 11.3 Å². The maximum Gasteiger partial charge on any atom is 0.289 e. The van der Waals surface area contributed by atoms with Crippen molar-refractivity contribution in [1.82, 2.24) is 4.90 Å². The van der Waals surface area contributed by atoms with Crippen LogP contribution in [0.4, 0.5) is 5.69 Å². The molecule has 2 amide bonds. The Morgan fingerprint density at radius 1 is 1.03 bits per heavy atom. The fourth-order valence-corrected chi connectivity index (χ4v) is 4.70. The van der Waals surface area contributed by atoms with Gasteiger partial charge in [-0.3, -0.25) is 9.59 Å². The Bertz CT molecular complexity index is 922. The van der Waals surface area contributed by atoms with Crippen molar-refractivity contribution >= 4 is 17.5 Å². The third-order valence-corrected chi connectivity index (χ3v) is 6.41. The van der Waals surface area contributed by atoms with E-state index < -0.39 is 5.41 Å². The Hall–Kier alpha value is -2.56. The van der Waals surface area contributed by atoms with E-state index in [0.29, 0.717) is 23.5 Å². The molecule has 2 atom stereocenters. The van der Waals surface area contributed by atoms with Gasteiger partial charge in [-0.15, -0.1) is 0 Å². The van der Waals surface area contributed by atoms with Gasteiger partial charge in [0, 0.05) is 29.3 Å². The van der Waals surface area contributed by atoms with E-state index in [1.807, 2.05) is 51.1 Å². The quantitative estimate of drug-likeness (QED) is 0.706. The van der Waals surface area contributed by atoms with Gasteiger partial charge in [-0.2, -0.15) is 0 Å². The molecule has 5 nitrogen and oxygen atoms in total. The molecule has 1 aromatic heterocycles. The zero-order valence-electron chi connectivity index (χ0n) is 18.2. The lowest BCUT2D eigenvalue weighted by Crippen LogP contribution is -2.49. The van der Waals surface area contributed by atoms with E-state index in [2.05, 4.69) is 10.2 Å². The molecule has 30 heavy (non-hydrogen) atoms. The number of piperidine rings is 1. The highest BCUT2D eigenvalue weighted by Crippen LogP contribution is 2.36. The monoisotopic (exact) mass is 408 g/mol. The summed E-state index contributed by atoms with van der Waals surface area (Å²) in [6.45, 7) is 6.47. The van der Waals surface area contributed by atoms with E-state index in [1.165, 1.54) is 25.7 Å². The van der Waals surface area contributed by atoms with Crippen LogP contribution < -0.4 is 5.32 Å². The second kappa shape index (κ2) is 8.29. The third-order valence-electron chi connectivity index (χ3n) is 6.41. The largest absolute Gasteiger partial charge is 0.451 e. The number of fused-ring (bicyclic) bond motifs is 1. The van der Waals surface area contributed by atoms with Crippen LogP contribution in [0.5, 0.6) is 0 Å². The predicted octanol–water partition coefficient (Wildman–Crippen LogP) is 5.73. The minimum absolute atomic E-state index is 0.00930. The zero-order chi connectivity index (χ0) is 21.3. The molecule has 5 heteroatoms. The summed E-state index contributed by atoms with van der Waals surface area (Å²) >= 11 is 0. The molecule has 160 valence electrons. The molecule has 4 rings (SSSR count). The van der Waals surface area contributed by atoms with Crippen molar-refractivity contribution in [3.05, 3.63) is 42.2 Å². The number of amides is 2. The molecule has 0 unspecified atom stereocenters. The van der Waals surface area contributed by atoms with E-state index in [9.17, 15) is 9.59 Å². The molecule has 1 N–H and O–H groups in total. The highest BCUT2D eigenvalue weighted by atomic mass is 16.4. The van der Waals surface area contributed by atoms with Crippen LogP contribution in [0.1, 0.15) is 69.9 Å². The standard InChI is InChI=1S/C25H32N2O3/c1-25(2,3)24(29)26-19-11-6-9-18(16-19)21-13-14-22(30-21)23(28)27-15-7-10-17-8-4-5-12-20(17)27/h6,9,11,13-14,16-17,20H,4-5,7-8,10,12,15H2,1-3H3,(H,26,29)/t17-,20-/m0/s1. The van der Waals surface area contributed by atoms with Crippen LogP contribution in [0.3, 0.4) is 0 Å². The Kier molecular flexibility index (Phi) is 5.72. The van der Waals surface area contributed by atoms with Gasteiger partial charge in [0.25, 0.3) is 5.91 Å². The first-order valence-corrected chi connectivity index (χ1v) is 11.2. The molecule has 0 spiro atoms. The number of likely N-dealkylation sites (tertiary alicyclic amines) is 1. The van der Waals surface area contributed by atoms with E-state index in [0.717, 1.165) is 30.6 Å². The lowest BCUT2D eigenvalue weighted by molar-refractivity contribution is -0.123. The summed E-state index contributed by atoms with van der Waals surface area (Å²) in [6, 6.07) is 11.6. The average Bonchev–Trinajstić information content (AvgIpc) is 3.23. The summed E-state index contributed by atoms with van der Waals surface area (Å²) in [5.74, 6) is 1.66. The SMILES string of the molecule is CC(C)(C)C(=O)Nc1cccc(-c2ccc(C(=O)N3CCC[C@@H]4CCCC[C@@H]43)o2)c1. The predicted molar refractivity (Wildman–Crippen MR) is 118 cm³/mol. The number of carbonyl (C=O) groups excluding carboxylic acids is 2. The molecule has 0 radical (unpaired) electrons. The van der Waals surface area contributed by atoms with Crippen LogP contribution in [-0.4, -0.2) is 29.3 Å². The van der Waals surface area contributed by atoms with Gasteiger partial charge in [-0.1, -0.05) is 45.7 Å². The molecule has 1 aliphatic carbocycles. The van der Waals surface area contributed by atoms with E-state index >= 15 is 0 Å². The van der Waals surface area contributed by atoms with Gasteiger partial charge in [0.2, 0.25) is 5.91 Å². The number of furan rings is 1. The lowest BCUT2D eigenvalue weighted by Gasteiger charge is -2.43. The number of hydrogen-bond donors (Lipinski definition) is 1. The number of nitrogens with one attached hydrogen (secondary N) is 1. The number of rotatable bonds is 3. The minimum Gasteiger partial charge on any atom is -0.451 e. The van der Waals surface area contributed by atoms with Crippen molar-refractivity contribution in [1.29, 1.82) is 0 Å². The Morgan fingerprint density at radius 3 is 2.60 bits per heavy atom. The van der Waals surface area contributed by atoms with Gasteiger partial charge in [0.05, 0.1) is 0 Å². The molecular formula is C25H32N2O3. The highest BCUT2D eigenvalue weighted by Gasteiger charge is 2.36. The number of anilines is 1. The molecule has 1 aliphatic heterocycles. The zero-order valence-corrected chi connectivity index (χ0v) is 18.2. The van der Waals surface area contributed by atoms with Crippen molar-refractivity contribution in [3.63, 3.8) is 0 Å². The van der Waals surface area contributed by atoms with Crippen molar-refractivity contribution in [2.75, 3.05) is 11.9 Å². The summed E-state index contributed by atoms with van der Waals surface area (Å²) < 4.78 is 5.99. The summed E-state index contributed by atoms with van der Waals surface area (Å²) in [5.41, 5.74) is 1.10. The van der Waals surface area contributed by atoms with Crippen LogP contribution in [-0.2, 0) is 4.79 Å². The second-order valence-corrected chi connectivity index (χ2v) is 9.70. The number of nitrogens with zero attached hydrogens (tertiary/aromatic N) is 1. The van der Waals surface area contributed by atoms with Crippen LogP contribution in [0.2, 0.25) is 0 Å². The van der Waals surface area contributed by atoms with Crippen molar-refractivity contribution in [2.45, 2.75) is 65.3 Å². The third kappa shape index (κ3) is 4.30. The molecule has 2 aliphatic rings. The maximum absolute atomic E-state index is 13.2. The number of hydrogen-bond acceptors (Lipinski definition) is 3. The second-order valence-electron chi connectivity index (χ2n) is 9.70. The lowest BCUT2D eigenvalue weighted by atomic mass is 9.78. The molecule has 1 saturated carbocycles. The molecule has 2 aromatic rings. The van der Waals surface area contributed by atoms with Gasteiger partial charge in [0.15, 0.2) is 5.76 Å². The topological polar surface area (TPSA) is 62.6 Å². The molecule has 2 fully saturated rings. The van der Waals surface area contributed by atoms with Gasteiger partial charge in [-0.05, 0) is 55.9 Å². The normalized spacial score (nSPS) is 21.8. The van der Waals surface area contributed by atoms with E-state index in [-0.39, 0.29) is 11.8 Å². The van der Waals surface area contributed by atoms with Gasteiger partial charge in [-0.25, -0.2) is 0 Å². The fraction of sp³-hybridized carbons (Fsp3) is 0.520. The van der Waals surface area contributed by atoms with Crippen molar-refractivity contribution in [3.8, 4) is 11.3 Å². The molecule has 1 aromatic carbocycles. The molecular weight excluding hydrogens is 376 g/mol. The fourth-order valence-electron chi connectivity index (χ4n) is 4.70. The van der Waals surface area contributed by atoms with Gasteiger partial charge in [0.1, 0.15) is 5.76 Å². The first-order valence-electron chi connectivity index (χ1n) is 11.2. The van der Waals surface area contributed by atoms with E-state index in [1.54, 1.807) is 6.07 Å². The Morgan fingerprint density at radius 2 is 1.80 bits per heavy atom. The summed E-state index contributed by atoms with van der Waals surface area (Å²) in [5, 5.41) is 2.95. The average molecular weight is 409 g/mol. The van der Waals surface area contributed by atoms with Crippen molar-refractivity contribution < 1.29 is 14.0 Å². The van der Waals surface area contributed by atoms with Crippen molar-refractivity contribution in [2.24, 2.45) is 11.3 Å². The number of carbonyl (C=O) groups is 2. The number of benzene rings is 1. The Balaban J connectivity index is 1.51. The minimum atomic E-state index is -0.467. The summed E-state index contributed by atoms with van der Waals surface area (Å²) in [7, 11) is 0. The highest BCUT2D eigenvalue weighted by molar-refractivity contribution is 5.95. The van der Waals surface area contributed by atoms with E-state index in [4.69, 9.17) is 4.42 Å².